The minimum Gasteiger partial charge on any atom is -0.309 e. The molecular formula is C13H12Cl3NS. The molecule has 96 valence electrons. The third-order valence-electron chi connectivity index (χ3n) is 2.83. The molecule has 1 aromatic carbocycles. The maximum atomic E-state index is 6.22. The van der Waals surface area contributed by atoms with Crippen LogP contribution in [0.25, 0.3) is 0 Å². The number of aryl methyl sites for hydroxylation is 1. The van der Waals surface area contributed by atoms with Crippen molar-refractivity contribution >= 4 is 46.1 Å². The smallest absolute Gasteiger partial charge is 0.0995 e. The standard InChI is InChI=1S/C13H12Cl3NS/c1-7-5-8(14)3-4-9(7)12(17-2)10-6-11(15)18-13(10)16/h3-6,12,17H,1-2H3. The second kappa shape index (κ2) is 5.81. The van der Waals surface area contributed by atoms with Crippen molar-refractivity contribution in [3.8, 4) is 0 Å². The Balaban J connectivity index is 2.48. The van der Waals surface area contributed by atoms with Gasteiger partial charge in [-0.2, -0.15) is 0 Å². The summed E-state index contributed by atoms with van der Waals surface area (Å²) in [5.41, 5.74) is 3.28. The Hall–Kier alpha value is -0.250. The zero-order chi connectivity index (χ0) is 13.3. The van der Waals surface area contributed by atoms with Crippen LogP contribution in [0.1, 0.15) is 22.7 Å². The zero-order valence-electron chi connectivity index (χ0n) is 9.93. The van der Waals surface area contributed by atoms with Crippen LogP contribution in [0.2, 0.25) is 13.7 Å². The number of benzene rings is 1. The Labute approximate surface area is 126 Å². The van der Waals surface area contributed by atoms with E-state index in [0.29, 0.717) is 8.67 Å². The van der Waals surface area contributed by atoms with Crippen molar-refractivity contribution in [3.05, 3.63) is 54.7 Å². The summed E-state index contributed by atoms with van der Waals surface area (Å²) in [6.07, 6.45) is 0. The van der Waals surface area contributed by atoms with E-state index in [9.17, 15) is 0 Å². The fraction of sp³-hybridized carbons (Fsp3) is 0.231. The Kier molecular flexibility index (Phi) is 4.57. The van der Waals surface area contributed by atoms with E-state index in [1.165, 1.54) is 11.3 Å². The molecule has 1 atom stereocenters. The molecule has 1 unspecified atom stereocenters. The van der Waals surface area contributed by atoms with Gasteiger partial charge in [-0.1, -0.05) is 40.9 Å². The molecule has 0 fully saturated rings. The monoisotopic (exact) mass is 319 g/mol. The van der Waals surface area contributed by atoms with E-state index in [4.69, 9.17) is 34.8 Å². The zero-order valence-corrected chi connectivity index (χ0v) is 13.0. The molecule has 1 heterocycles. The third kappa shape index (κ3) is 2.84. The van der Waals surface area contributed by atoms with Gasteiger partial charge in [0.15, 0.2) is 0 Å². The third-order valence-corrected chi connectivity index (χ3v) is 4.58. The topological polar surface area (TPSA) is 12.0 Å². The van der Waals surface area contributed by atoms with Crippen molar-refractivity contribution in [2.45, 2.75) is 13.0 Å². The molecule has 0 spiro atoms. The second-order valence-corrected chi connectivity index (χ2v) is 6.72. The van der Waals surface area contributed by atoms with E-state index in [1.54, 1.807) is 0 Å². The second-order valence-electron chi connectivity index (χ2n) is 4.00. The molecule has 1 nitrogen and oxygen atoms in total. The highest BCUT2D eigenvalue weighted by Crippen LogP contribution is 2.38. The molecule has 0 aliphatic heterocycles. The van der Waals surface area contributed by atoms with Crippen LogP contribution in [0.15, 0.2) is 24.3 Å². The van der Waals surface area contributed by atoms with Gasteiger partial charge in [0.25, 0.3) is 0 Å². The van der Waals surface area contributed by atoms with Crippen LogP contribution in [-0.2, 0) is 0 Å². The summed E-state index contributed by atoms with van der Waals surface area (Å²) < 4.78 is 1.41. The summed E-state index contributed by atoms with van der Waals surface area (Å²) in [6, 6.07) is 7.78. The highest BCUT2D eigenvalue weighted by Gasteiger charge is 2.19. The van der Waals surface area contributed by atoms with Crippen LogP contribution in [-0.4, -0.2) is 7.05 Å². The first-order valence-corrected chi connectivity index (χ1v) is 7.36. The van der Waals surface area contributed by atoms with Crippen LogP contribution < -0.4 is 5.32 Å². The van der Waals surface area contributed by atoms with Crippen molar-refractivity contribution in [1.29, 1.82) is 0 Å². The molecule has 5 heteroatoms. The Morgan fingerprint density at radius 1 is 1.11 bits per heavy atom. The lowest BCUT2D eigenvalue weighted by atomic mass is 9.97. The molecule has 0 aliphatic carbocycles. The van der Waals surface area contributed by atoms with Gasteiger partial charge >= 0.3 is 0 Å². The molecule has 0 aliphatic rings. The van der Waals surface area contributed by atoms with E-state index in [-0.39, 0.29) is 6.04 Å². The van der Waals surface area contributed by atoms with E-state index < -0.39 is 0 Å². The number of halogens is 3. The van der Waals surface area contributed by atoms with Gasteiger partial charge in [0.2, 0.25) is 0 Å². The summed E-state index contributed by atoms with van der Waals surface area (Å²) >= 11 is 19.6. The van der Waals surface area contributed by atoms with Crippen molar-refractivity contribution in [3.63, 3.8) is 0 Å². The highest BCUT2D eigenvalue weighted by molar-refractivity contribution is 7.20. The number of nitrogens with one attached hydrogen (secondary N) is 1. The van der Waals surface area contributed by atoms with E-state index in [0.717, 1.165) is 21.7 Å². The quantitative estimate of drug-likeness (QED) is 0.806. The van der Waals surface area contributed by atoms with Crippen molar-refractivity contribution in [1.82, 2.24) is 5.32 Å². The van der Waals surface area contributed by atoms with Gasteiger partial charge in [-0.3, -0.25) is 0 Å². The number of rotatable bonds is 3. The Bertz CT molecular complexity index is 565. The van der Waals surface area contributed by atoms with E-state index in [1.807, 2.05) is 38.2 Å². The first kappa shape index (κ1) is 14.2. The highest BCUT2D eigenvalue weighted by atomic mass is 35.5. The molecule has 2 aromatic rings. The first-order chi connectivity index (χ1) is 8.52. The van der Waals surface area contributed by atoms with Crippen LogP contribution in [0.5, 0.6) is 0 Å². The molecule has 1 N–H and O–H groups in total. The molecule has 0 saturated heterocycles. The lowest BCUT2D eigenvalue weighted by molar-refractivity contribution is 0.690. The van der Waals surface area contributed by atoms with E-state index in [2.05, 4.69) is 5.32 Å². The molecule has 0 radical (unpaired) electrons. The van der Waals surface area contributed by atoms with Crippen LogP contribution in [0.4, 0.5) is 0 Å². The van der Waals surface area contributed by atoms with Gasteiger partial charge in [0, 0.05) is 10.6 Å². The SMILES string of the molecule is CNC(c1ccc(Cl)cc1C)c1cc(Cl)sc1Cl. The summed E-state index contributed by atoms with van der Waals surface area (Å²) in [5, 5.41) is 4.01. The lowest BCUT2D eigenvalue weighted by Gasteiger charge is -2.18. The van der Waals surface area contributed by atoms with Crippen LogP contribution in [0.3, 0.4) is 0 Å². The molecule has 1 aromatic heterocycles. The Morgan fingerprint density at radius 3 is 2.33 bits per heavy atom. The number of hydrogen-bond donors (Lipinski definition) is 1. The molecule has 2 rings (SSSR count). The maximum Gasteiger partial charge on any atom is 0.0995 e. The van der Waals surface area contributed by atoms with Gasteiger partial charge in [0.1, 0.15) is 0 Å². The van der Waals surface area contributed by atoms with E-state index >= 15 is 0 Å². The normalized spacial score (nSPS) is 12.7. The molecule has 18 heavy (non-hydrogen) atoms. The first-order valence-electron chi connectivity index (χ1n) is 5.41. The molecular weight excluding hydrogens is 309 g/mol. The van der Waals surface area contributed by atoms with Gasteiger partial charge < -0.3 is 5.32 Å². The minimum atomic E-state index is 0.0264. The van der Waals surface area contributed by atoms with Crippen LogP contribution >= 0.6 is 46.1 Å². The summed E-state index contributed by atoms with van der Waals surface area (Å²) in [4.78, 5) is 0. The summed E-state index contributed by atoms with van der Waals surface area (Å²) in [7, 11) is 1.90. The van der Waals surface area contributed by atoms with Crippen molar-refractivity contribution in [2.24, 2.45) is 0 Å². The fourth-order valence-electron chi connectivity index (χ4n) is 1.99. The average Bonchev–Trinajstić information content (AvgIpc) is 2.62. The minimum absolute atomic E-state index is 0.0264. The number of hydrogen-bond acceptors (Lipinski definition) is 2. The summed E-state index contributed by atoms with van der Waals surface area (Å²) in [5.74, 6) is 0. The van der Waals surface area contributed by atoms with Crippen molar-refractivity contribution in [2.75, 3.05) is 7.05 Å². The van der Waals surface area contributed by atoms with Gasteiger partial charge in [-0.15, -0.1) is 11.3 Å². The van der Waals surface area contributed by atoms with Crippen LogP contribution in [0, 0.1) is 6.92 Å². The molecule has 0 amide bonds. The number of thiophene rings is 1. The predicted octanol–water partition coefficient (Wildman–Crippen LogP) is 5.33. The fourth-order valence-corrected chi connectivity index (χ4v) is 3.75. The van der Waals surface area contributed by atoms with Gasteiger partial charge in [0.05, 0.1) is 14.7 Å². The maximum absolute atomic E-state index is 6.22. The van der Waals surface area contributed by atoms with Gasteiger partial charge in [-0.05, 0) is 43.3 Å². The molecule has 0 saturated carbocycles. The van der Waals surface area contributed by atoms with Crippen molar-refractivity contribution < 1.29 is 0 Å². The average molecular weight is 321 g/mol. The largest absolute Gasteiger partial charge is 0.309 e. The summed E-state index contributed by atoms with van der Waals surface area (Å²) in [6.45, 7) is 2.04. The predicted molar refractivity (Wildman–Crippen MR) is 81.4 cm³/mol. The lowest BCUT2D eigenvalue weighted by Crippen LogP contribution is -2.18. The van der Waals surface area contributed by atoms with Gasteiger partial charge in [-0.25, -0.2) is 0 Å². The Morgan fingerprint density at radius 2 is 1.83 bits per heavy atom. The molecule has 0 bridgehead atoms.